The topological polar surface area (TPSA) is 75.3 Å². The Bertz CT molecular complexity index is 179. The summed E-state index contributed by atoms with van der Waals surface area (Å²) in [6, 6.07) is -0.140. The Kier molecular flexibility index (Phi) is 7.34. The number of hydrogen-bond acceptors (Lipinski definition) is 3. The lowest BCUT2D eigenvalue weighted by Gasteiger charge is -2.20. The van der Waals surface area contributed by atoms with E-state index in [-0.39, 0.29) is 24.5 Å². The molecule has 0 aliphatic carbocycles. The lowest BCUT2D eigenvalue weighted by molar-refractivity contribution is -0.126. The molecule has 0 aromatic rings. The van der Waals surface area contributed by atoms with E-state index in [0.717, 1.165) is 12.8 Å². The van der Waals surface area contributed by atoms with Crippen LogP contribution in [0.4, 0.5) is 0 Å². The van der Waals surface area contributed by atoms with Crippen molar-refractivity contribution in [1.82, 2.24) is 5.32 Å². The van der Waals surface area contributed by atoms with Gasteiger partial charge in [-0.25, -0.2) is 0 Å². The molecule has 0 bridgehead atoms. The van der Waals surface area contributed by atoms with Gasteiger partial charge >= 0.3 is 0 Å². The van der Waals surface area contributed by atoms with Gasteiger partial charge in [0.15, 0.2) is 0 Å². The van der Waals surface area contributed by atoms with Gasteiger partial charge in [-0.15, -0.1) is 0 Å². The molecule has 1 amide bonds. The van der Waals surface area contributed by atoms with Crippen LogP contribution >= 0.6 is 0 Å². The molecule has 0 aromatic heterocycles. The van der Waals surface area contributed by atoms with Gasteiger partial charge < -0.3 is 16.2 Å². The van der Waals surface area contributed by atoms with Gasteiger partial charge in [0.1, 0.15) is 0 Å². The zero-order valence-corrected chi connectivity index (χ0v) is 9.99. The first kappa shape index (κ1) is 14.4. The average Bonchev–Trinajstić information content (AvgIpc) is 2.21. The molecule has 0 rings (SSSR count). The highest BCUT2D eigenvalue weighted by Crippen LogP contribution is 2.11. The second-order valence-corrected chi connectivity index (χ2v) is 4.36. The first-order chi connectivity index (χ1) is 7.04. The molecule has 0 saturated heterocycles. The van der Waals surface area contributed by atoms with Gasteiger partial charge in [-0.3, -0.25) is 4.79 Å². The van der Waals surface area contributed by atoms with Crippen LogP contribution in [0, 0.1) is 11.8 Å². The second kappa shape index (κ2) is 7.65. The molecule has 0 fully saturated rings. The third-order valence-corrected chi connectivity index (χ3v) is 2.47. The maximum Gasteiger partial charge on any atom is 0.224 e. The van der Waals surface area contributed by atoms with Gasteiger partial charge in [-0.1, -0.05) is 20.8 Å². The predicted molar refractivity (Wildman–Crippen MR) is 61.3 cm³/mol. The molecule has 15 heavy (non-hydrogen) atoms. The Morgan fingerprint density at radius 3 is 2.40 bits per heavy atom. The number of aliphatic hydroxyl groups is 1. The SMILES string of the molecule is CC[C@@H](CO)NC(=O)C(CN)CC(C)C. The molecular formula is C11H24N2O2. The van der Waals surface area contributed by atoms with Gasteiger partial charge in [0, 0.05) is 6.54 Å². The highest BCUT2D eigenvalue weighted by atomic mass is 16.3. The summed E-state index contributed by atoms with van der Waals surface area (Å²) in [5.41, 5.74) is 5.56. The van der Waals surface area contributed by atoms with Crippen molar-refractivity contribution in [1.29, 1.82) is 0 Å². The van der Waals surface area contributed by atoms with Crippen LogP contribution < -0.4 is 11.1 Å². The van der Waals surface area contributed by atoms with Crippen molar-refractivity contribution in [3.05, 3.63) is 0 Å². The maximum atomic E-state index is 11.7. The first-order valence-corrected chi connectivity index (χ1v) is 5.66. The van der Waals surface area contributed by atoms with Crippen LogP contribution in [0.5, 0.6) is 0 Å². The summed E-state index contributed by atoms with van der Waals surface area (Å²) in [7, 11) is 0. The largest absolute Gasteiger partial charge is 0.394 e. The van der Waals surface area contributed by atoms with Crippen LogP contribution in [0.2, 0.25) is 0 Å². The molecule has 0 spiro atoms. The molecular weight excluding hydrogens is 192 g/mol. The highest BCUT2D eigenvalue weighted by molar-refractivity contribution is 5.79. The molecule has 0 radical (unpaired) electrons. The molecule has 0 saturated carbocycles. The van der Waals surface area contributed by atoms with E-state index in [0.29, 0.717) is 12.5 Å². The van der Waals surface area contributed by atoms with E-state index in [4.69, 9.17) is 10.8 Å². The van der Waals surface area contributed by atoms with Gasteiger partial charge in [-0.2, -0.15) is 0 Å². The van der Waals surface area contributed by atoms with Crippen LogP contribution in [0.3, 0.4) is 0 Å². The number of aliphatic hydroxyl groups excluding tert-OH is 1. The molecule has 4 N–H and O–H groups in total. The van der Waals surface area contributed by atoms with Crippen LogP contribution in [0.1, 0.15) is 33.6 Å². The number of amides is 1. The zero-order valence-electron chi connectivity index (χ0n) is 9.99. The second-order valence-electron chi connectivity index (χ2n) is 4.36. The minimum Gasteiger partial charge on any atom is -0.394 e. The molecule has 1 unspecified atom stereocenters. The summed E-state index contributed by atoms with van der Waals surface area (Å²) in [5.74, 6) is 0.288. The quantitative estimate of drug-likeness (QED) is 0.580. The summed E-state index contributed by atoms with van der Waals surface area (Å²) in [6.07, 6.45) is 1.53. The van der Waals surface area contributed by atoms with Gasteiger partial charge in [-0.05, 0) is 18.8 Å². The Morgan fingerprint density at radius 1 is 1.47 bits per heavy atom. The smallest absolute Gasteiger partial charge is 0.224 e. The fourth-order valence-electron chi connectivity index (χ4n) is 1.48. The fraction of sp³-hybridized carbons (Fsp3) is 0.909. The number of carbonyl (C=O) groups excluding carboxylic acids is 1. The molecule has 0 aliphatic rings. The molecule has 0 heterocycles. The molecule has 4 heteroatoms. The van der Waals surface area contributed by atoms with Crippen LogP contribution in [-0.4, -0.2) is 30.2 Å². The van der Waals surface area contributed by atoms with E-state index >= 15 is 0 Å². The van der Waals surface area contributed by atoms with Gasteiger partial charge in [0.2, 0.25) is 5.91 Å². The summed E-state index contributed by atoms with van der Waals surface area (Å²) in [4.78, 5) is 11.7. The summed E-state index contributed by atoms with van der Waals surface area (Å²) in [5, 5.41) is 11.8. The molecule has 2 atom stereocenters. The summed E-state index contributed by atoms with van der Waals surface area (Å²) >= 11 is 0. The predicted octanol–water partition coefficient (Wildman–Crippen LogP) is 0.494. The highest BCUT2D eigenvalue weighted by Gasteiger charge is 2.20. The van der Waals surface area contributed by atoms with Crippen molar-refractivity contribution in [2.75, 3.05) is 13.2 Å². The zero-order chi connectivity index (χ0) is 11.8. The van der Waals surface area contributed by atoms with Crippen molar-refractivity contribution in [2.24, 2.45) is 17.6 Å². The number of rotatable bonds is 7. The fourth-order valence-corrected chi connectivity index (χ4v) is 1.48. The lowest BCUT2D eigenvalue weighted by Crippen LogP contribution is -2.43. The standard InChI is InChI=1S/C11H24N2O2/c1-4-10(7-14)13-11(15)9(6-12)5-8(2)3/h8-10,14H,4-7,12H2,1-3H3,(H,13,15)/t9?,10-/m0/s1. The Hall–Kier alpha value is -0.610. The molecule has 4 nitrogen and oxygen atoms in total. The summed E-state index contributed by atoms with van der Waals surface area (Å²) in [6.45, 7) is 6.42. The van der Waals surface area contributed by atoms with Crippen molar-refractivity contribution >= 4 is 5.91 Å². The molecule has 0 aliphatic heterocycles. The van der Waals surface area contributed by atoms with Gasteiger partial charge in [0.05, 0.1) is 18.6 Å². The minimum atomic E-state index is -0.140. The van der Waals surface area contributed by atoms with Crippen molar-refractivity contribution in [3.8, 4) is 0 Å². The van der Waals surface area contributed by atoms with Crippen LogP contribution in [0.15, 0.2) is 0 Å². The van der Waals surface area contributed by atoms with E-state index < -0.39 is 0 Å². The van der Waals surface area contributed by atoms with Gasteiger partial charge in [0.25, 0.3) is 0 Å². The third-order valence-electron chi connectivity index (χ3n) is 2.47. The Balaban J connectivity index is 4.14. The van der Waals surface area contributed by atoms with Crippen molar-refractivity contribution in [3.63, 3.8) is 0 Å². The van der Waals surface area contributed by atoms with E-state index in [2.05, 4.69) is 19.2 Å². The number of hydrogen-bond donors (Lipinski definition) is 3. The van der Waals surface area contributed by atoms with Crippen molar-refractivity contribution in [2.45, 2.75) is 39.7 Å². The molecule has 0 aromatic carbocycles. The normalized spacial score (nSPS) is 15.1. The summed E-state index contributed by atoms with van der Waals surface area (Å²) < 4.78 is 0. The van der Waals surface area contributed by atoms with E-state index in [9.17, 15) is 4.79 Å². The van der Waals surface area contributed by atoms with E-state index in [1.165, 1.54) is 0 Å². The Morgan fingerprint density at radius 2 is 2.07 bits per heavy atom. The maximum absolute atomic E-state index is 11.7. The first-order valence-electron chi connectivity index (χ1n) is 5.66. The van der Waals surface area contributed by atoms with Crippen LogP contribution in [0.25, 0.3) is 0 Å². The number of nitrogens with one attached hydrogen (secondary N) is 1. The van der Waals surface area contributed by atoms with E-state index in [1.807, 2.05) is 6.92 Å². The Labute approximate surface area is 92.2 Å². The monoisotopic (exact) mass is 216 g/mol. The van der Waals surface area contributed by atoms with Crippen LogP contribution in [-0.2, 0) is 4.79 Å². The number of carbonyl (C=O) groups is 1. The minimum absolute atomic E-state index is 0.0127. The average molecular weight is 216 g/mol. The lowest BCUT2D eigenvalue weighted by atomic mass is 9.96. The number of nitrogens with two attached hydrogens (primary N) is 1. The van der Waals surface area contributed by atoms with Crippen molar-refractivity contribution < 1.29 is 9.90 Å². The third kappa shape index (κ3) is 5.74. The van der Waals surface area contributed by atoms with E-state index in [1.54, 1.807) is 0 Å². The molecule has 90 valence electrons.